The number of carbonyl (C=O) groups excluding carboxylic acids is 2. The van der Waals surface area contributed by atoms with Gasteiger partial charge in [0.15, 0.2) is 5.78 Å². The van der Waals surface area contributed by atoms with Gasteiger partial charge in [-0.25, -0.2) is 0 Å². The van der Waals surface area contributed by atoms with Crippen LogP contribution in [0.5, 0.6) is 5.75 Å². The lowest BCUT2D eigenvalue weighted by Gasteiger charge is -2.09. The minimum atomic E-state index is -0.170. The van der Waals surface area contributed by atoms with Crippen LogP contribution >= 0.6 is 0 Å². The minimum Gasteiger partial charge on any atom is -0.489 e. The van der Waals surface area contributed by atoms with Gasteiger partial charge in [0.05, 0.1) is 0 Å². The Kier molecular flexibility index (Phi) is 5.44. The van der Waals surface area contributed by atoms with E-state index in [1.807, 2.05) is 42.5 Å². The highest BCUT2D eigenvalue weighted by atomic mass is 16.5. The molecular weight excluding hydrogens is 326 g/mol. The lowest BCUT2D eigenvalue weighted by Crippen LogP contribution is -2.12. The van der Waals surface area contributed by atoms with E-state index in [2.05, 4.69) is 5.32 Å². The SMILES string of the molecule is CC(=O)c1cccc(OCc2cccc(C(=O)Nc3ccccc3)c2)c1. The van der Waals surface area contributed by atoms with Gasteiger partial charge < -0.3 is 10.1 Å². The van der Waals surface area contributed by atoms with Gasteiger partial charge in [0, 0.05) is 16.8 Å². The molecule has 0 fully saturated rings. The Morgan fingerprint density at radius 1 is 0.846 bits per heavy atom. The molecule has 0 aromatic heterocycles. The van der Waals surface area contributed by atoms with Crippen LogP contribution in [0.3, 0.4) is 0 Å². The van der Waals surface area contributed by atoms with Crippen molar-refractivity contribution in [2.75, 3.05) is 5.32 Å². The molecule has 1 N–H and O–H groups in total. The van der Waals surface area contributed by atoms with Crippen LogP contribution in [0, 0.1) is 0 Å². The zero-order valence-electron chi connectivity index (χ0n) is 14.4. The van der Waals surface area contributed by atoms with Gasteiger partial charge in [-0.2, -0.15) is 0 Å². The molecule has 3 aromatic carbocycles. The largest absolute Gasteiger partial charge is 0.489 e. The molecule has 0 atom stereocenters. The smallest absolute Gasteiger partial charge is 0.255 e. The molecule has 4 heteroatoms. The van der Waals surface area contributed by atoms with Crippen LogP contribution in [-0.2, 0) is 6.61 Å². The van der Waals surface area contributed by atoms with Crippen molar-refractivity contribution in [3.8, 4) is 5.75 Å². The Morgan fingerprint density at radius 2 is 1.58 bits per heavy atom. The van der Waals surface area contributed by atoms with Crippen molar-refractivity contribution in [1.29, 1.82) is 0 Å². The summed E-state index contributed by atoms with van der Waals surface area (Å²) < 4.78 is 5.75. The second kappa shape index (κ2) is 8.12. The maximum Gasteiger partial charge on any atom is 0.255 e. The first-order valence-electron chi connectivity index (χ1n) is 8.31. The summed E-state index contributed by atoms with van der Waals surface area (Å²) in [5, 5.41) is 2.86. The number of ketones is 1. The van der Waals surface area contributed by atoms with Crippen molar-refractivity contribution in [3.05, 3.63) is 95.6 Å². The lowest BCUT2D eigenvalue weighted by atomic mass is 10.1. The van der Waals surface area contributed by atoms with Crippen molar-refractivity contribution in [2.45, 2.75) is 13.5 Å². The predicted molar refractivity (Wildman–Crippen MR) is 102 cm³/mol. The molecule has 0 unspecified atom stereocenters. The number of anilines is 1. The minimum absolute atomic E-state index is 0.00460. The van der Waals surface area contributed by atoms with Crippen molar-refractivity contribution < 1.29 is 14.3 Å². The van der Waals surface area contributed by atoms with E-state index in [0.29, 0.717) is 23.5 Å². The molecule has 0 bridgehead atoms. The molecule has 0 aliphatic heterocycles. The molecule has 4 nitrogen and oxygen atoms in total. The number of carbonyl (C=O) groups is 2. The van der Waals surface area contributed by atoms with Gasteiger partial charge >= 0.3 is 0 Å². The maximum absolute atomic E-state index is 12.4. The number of amides is 1. The molecule has 26 heavy (non-hydrogen) atoms. The molecule has 130 valence electrons. The second-order valence-corrected chi connectivity index (χ2v) is 5.89. The fourth-order valence-corrected chi connectivity index (χ4v) is 2.50. The van der Waals surface area contributed by atoms with Crippen LogP contribution in [0.2, 0.25) is 0 Å². The highest BCUT2D eigenvalue weighted by molar-refractivity contribution is 6.04. The van der Waals surface area contributed by atoms with Crippen LogP contribution in [-0.4, -0.2) is 11.7 Å². The van der Waals surface area contributed by atoms with Gasteiger partial charge in [-0.15, -0.1) is 0 Å². The molecule has 0 saturated carbocycles. The molecule has 3 aromatic rings. The molecule has 0 aliphatic rings. The fourth-order valence-electron chi connectivity index (χ4n) is 2.50. The molecule has 0 saturated heterocycles. The summed E-state index contributed by atoms with van der Waals surface area (Å²) in [5.74, 6) is 0.448. The van der Waals surface area contributed by atoms with Crippen molar-refractivity contribution in [2.24, 2.45) is 0 Å². The molecular formula is C22H19NO3. The standard InChI is InChI=1S/C22H19NO3/c1-16(24)18-8-6-12-21(14-18)26-15-17-7-5-9-19(13-17)22(25)23-20-10-3-2-4-11-20/h2-14H,15H2,1H3,(H,23,25). The van der Waals surface area contributed by atoms with E-state index in [1.165, 1.54) is 6.92 Å². The third-order valence-corrected chi connectivity index (χ3v) is 3.87. The second-order valence-electron chi connectivity index (χ2n) is 5.89. The number of hydrogen-bond acceptors (Lipinski definition) is 3. The van der Waals surface area contributed by atoms with Crippen molar-refractivity contribution in [3.63, 3.8) is 0 Å². The first-order valence-corrected chi connectivity index (χ1v) is 8.31. The van der Waals surface area contributed by atoms with Gasteiger partial charge in [0.1, 0.15) is 12.4 Å². The van der Waals surface area contributed by atoms with Crippen LogP contribution in [0.1, 0.15) is 33.2 Å². The van der Waals surface area contributed by atoms with Gasteiger partial charge in [0.2, 0.25) is 0 Å². The van der Waals surface area contributed by atoms with Gasteiger partial charge in [-0.05, 0) is 48.9 Å². The summed E-state index contributed by atoms with van der Waals surface area (Å²) in [6.45, 7) is 1.84. The van der Waals surface area contributed by atoms with Crippen LogP contribution in [0.4, 0.5) is 5.69 Å². The van der Waals surface area contributed by atoms with Gasteiger partial charge in [0.25, 0.3) is 5.91 Å². The monoisotopic (exact) mass is 345 g/mol. The lowest BCUT2D eigenvalue weighted by molar-refractivity contribution is 0.101. The summed E-state index contributed by atoms with van der Waals surface area (Å²) in [7, 11) is 0. The average Bonchev–Trinajstić information content (AvgIpc) is 2.67. The Morgan fingerprint density at radius 3 is 2.35 bits per heavy atom. The summed E-state index contributed by atoms with van der Waals surface area (Å²) >= 11 is 0. The molecule has 0 spiro atoms. The molecule has 0 radical (unpaired) electrons. The molecule has 0 aliphatic carbocycles. The zero-order chi connectivity index (χ0) is 18.4. The van der Waals surface area contributed by atoms with E-state index in [9.17, 15) is 9.59 Å². The number of ether oxygens (including phenoxy) is 1. The van der Waals surface area contributed by atoms with E-state index in [1.54, 1.807) is 36.4 Å². The Labute approximate surface area is 152 Å². The van der Waals surface area contributed by atoms with Crippen LogP contribution in [0.15, 0.2) is 78.9 Å². The van der Waals surface area contributed by atoms with Crippen LogP contribution in [0.25, 0.3) is 0 Å². The third kappa shape index (κ3) is 4.57. The predicted octanol–water partition coefficient (Wildman–Crippen LogP) is 4.72. The number of para-hydroxylation sites is 1. The first kappa shape index (κ1) is 17.4. The Bertz CT molecular complexity index is 919. The van der Waals surface area contributed by atoms with E-state index < -0.39 is 0 Å². The number of nitrogens with one attached hydrogen (secondary N) is 1. The normalized spacial score (nSPS) is 10.2. The first-order chi connectivity index (χ1) is 12.6. The van der Waals surface area contributed by atoms with E-state index in [-0.39, 0.29) is 11.7 Å². The molecule has 1 amide bonds. The van der Waals surface area contributed by atoms with Gasteiger partial charge in [-0.3, -0.25) is 9.59 Å². The van der Waals surface area contributed by atoms with E-state index in [0.717, 1.165) is 11.3 Å². The van der Waals surface area contributed by atoms with Gasteiger partial charge in [-0.1, -0.05) is 42.5 Å². The number of Topliss-reactive ketones (excluding diaryl/α,β-unsaturated/α-hetero) is 1. The number of hydrogen-bond donors (Lipinski definition) is 1. The third-order valence-electron chi connectivity index (χ3n) is 3.87. The quantitative estimate of drug-likeness (QED) is 0.658. The van der Waals surface area contributed by atoms with Crippen LogP contribution < -0.4 is 10.1 Å². The number of benzene rings is 3. The summed E-state index contributed by atoms with van der Waals surface area (Å²) in [6.07, 6.45) is 0. The highest BCUT2D eigenvalue weighted by Gasteiger charge is 2.07. The summed E-state index contributed by atoms with van der Waals surface area (Å²) in [4.78, 5) is 23.8. The Hall–Kier alpha value is -3.40. The highest BCUT2D eigenvalue weighted by Crippen LogP contribution is 2.17. The summed E-state index contributed by atoms with van der Waals surface area (Å²) in [6, 6.07) is 23.7. The van der Waals surface area contributed by atoms with E-state index in [4.69, 9.17) is 4.74 Å². The molecule has 3 rings (SSSR count). The average molecular weight is 345 g/mol. The fraction of sp³-hybridized carbons (Fsp3) is 0.0909. The van der Waals surface area contributed by atoms with E-state index >= 15 is 0 Å². The maximum atomic E-state index is 12.4. The summed E-state index contributed by atoms with van der Waals surface area (Å²) in [5.41, 5.74) is 2.80. The topological polar surface area (TPSA) is 55.4 Å². The number of rotatable bonds is 6. The van der Waals surface area contributed by atoms with Crippen molar-refractivity contribution in [1.82, 2.24) is 0 Å². The van der Waals surface area contributed by atoms with Crippen molar-refractivity contribution >= 4 is 17.4 Å². The Balaban J connectivity index is 1.66. The zero-order valence-corrected chi connectivity index (χ0v) is 14.4. The molecule has 0 heterocycles.